The zero-order chi connectivity index (χ0) is 15.6. The van der Waals surface area contributed by atoms with Crippen LogP contribution in [0.2, 0.25) is 0 Å². The second-order valence-corrected chi connectivity index (χ2v) is 8.23. The molecule has 1 atom stereocenters. The Hall–Kier alpha value is -1.28. The van der Waals surface area contributed by atoms with Crippen molar-refractivity contribution in [2.24, 2.45) is 0 Å². The Morgan fingerprint density at radius 2 is 2.18 bits per heavy atom. The molecule has 0 aliphatic carbocycles. The second-order valence-electron chi connectivity index (χ2n) is 5.12. The summed E-state index contributed by atoms with van der Waals surface area (Å²) in [6.45, 7) is 0.987. The molecule has 2 aromatic rings. The highest BCUT2D eigenvalue weighted by Crippen LogP contribution is 2.23. The van der Waals surface area contributed by atoms with Crippen molar-refractivity contribution in [2.75, 3.05) is 19.7 Å². The lowest BCUT2D eigenvalue weighted by Gasteiger charge is -2.31. The number of halogens is 1. The Morgan fingerprint density at radius 3 is 2.91 bits per heavy atom. The van der Waals surface area contributed by atoms with Gasteiger partial charge in [0, 0.05) is 19.5 Å². The number of morpholine rings is 1. The molecule has 3 rings (SSSR count). The van der Waals surface area contributed by atoms with E-state index in [1.54, 1.807) is 23.6 Å². The highest BCUT2D eigenvalue weighted by atomic mass is 32.2. The average Bonchev–Trinajstić information content (AvgIpc) is 3.02. The highest BCUT2D eigenvalue weighted by molar-refractivity contribution is 7.91. The Morgan fingerprint density at radius 1 is 1.32 bits per heavy atom. The Kier molecular flexibility index (Phi) is 4.58. The van der Waals surface area contributed by atoms with Gasteiger partial charge in [-0.05, 0) is 29.1 Å². The maximum Gasteiger partial charge on any atom is 0.252 e. The van der Waals surface area contributed by atoms with E-state index in [0.717, 1.165) is 5.56 Å². The number of nitrogens with zero attached hydrogens (tertiary/aromatic N) is 1. The molecule has 0 spiro atoms. The van der Waals surface area contributed by atoms with E-state index in [0.29, 0.717) is 23.8 Å². The van der Waals surface area contributed by atoms with E-state index >= 15 is 0 Å². The minimum absolute atomic E-state index is 0.259. The lowest BCUT2D eigenvalue weighted by Crippen LogP contribution is -2.46. The van der Waals surface area contributed by atoms with Gasteiger partial charge in [-0.25, -0.2) is 12.8 Å². The minimum atomic E-state index is -3.45. The van der Waals surface area contributed by atoms with Crippen LogP contribution in [0.25, 0.3) is 0 Å². The normalized spacial score (nSPS) is 20.1. The third-order valence-corrected chi connectivity index (χ3v) is 6.78. The summed E-state index contributed by atoms with van der Waals surface area (Å²) in [5, 5.41) is 1.75. The molecule has 1 aromatic carbocycles. The van der Waals surface area contributed by atoms with E-state index in [1.165, 1.54) is 27.8 Å². The van der Waals surface area contributed by atoms with Gasteiger partial charge < -0.3 is 4.74 Å². The first-order valence-corrected chi connectivity index (χ1v) is 9.27. The molecule has 4 nitrogen and oxygen atoms in total. The Balaban J connectivity index is 1.72. The zero-order valence-corrected chi connectivity index (χ0v) is 13.4. The quantitative estimate of drug-likeness (QED) is 0.858. The standard InChI is InChI=1S/C15H16FNO3S2/c16-13-4-1-3-12(9-13)10-14-11-17(6-7-20-14)22(18,19)15-5-2-8-21-15/h1-5,8-9,14H,6-7,10-11H2/t14-/m1/s1. The molecular formula is C15H16FNO3S2. The summed E-state index contributed by atoms with van der Waals surface area (Å²) in [6.07, 6.45) is 0.235. The van der Waals surface area contributed by atoms with Gasteiger partial charge in [-0.2, -0.15) is 4.31 Å². The lowest BCUT2D eigenvalue weighted by atomic mass is 10.1. The van der Waals surface area contributed by atoms with Crippen LogP contribution in [0.1, 0.15) is 5.56 Å². The van der Waals surface area contributed by atoms with Crippen LogP contribution >= 0.6 is 11.3 Å². The second kappa shape index (κ2) is 6.45. The molecule has 1 saturated heterocycles. The maximum absolute atomic E-state index is 13.2. The van der Waals surface area contributed by atoms with Gasteiger partial charge in [0.05, 0.1) is 12.7 Å². The van der Waals surface area contributed by atoms with E-state index in [-0.39, 0.29) is 18.5 Å². The topological polar surface area (TPSA) is 46.6 Å². The molecule has 1 aromatic heterocycles. The number of rotatable bonds is 4. The molecule has 0 N–H and O–H groups in total. The lowest BCUT2D eigenvalue weighted by molar-refractivity contribution is -0.000467. The van der Waals surface area contributed by atoms with Crippen molar-refractivity contribution in [1.82, 2.24) is 4.31 Å². The largest absolute Gasteiger partial charge is 0.375 e. The Bertz CT molecular complexity index is 731. The van der Waals surface area contributed by atoms with E-state index < -0.39 is 10.0 Å². The molecule has 0 bridgehead atoms. The van der Waals surface area contributed by atoms with Gasteiger partial charge in [0.15, 0.2) is 0 Å². The average molecular weight is 341 g/mol. The molecule has 1 fully saturated rings. The van der Waals surface area contributed by atoms with Crippen LogP contribution in [-0.4, -0.2) is 38.5 Å². The fourth-order valence-electron chi connectivity index (χ4n) is 2.50. The van der Waals surface area contributed by atoms with Gasteiger partial charge in [-0.3, -0.25) is 0 Å². The number of ether oxygens (including phenoxy) is 1. The third kappa shape index (κ3) is 3.38. The van der Waals surface area contributed by atoms with Gasteiger partial charge in [0.2, 0.25) is 0 Å². The molecule has 1 aliphatic heterocycles. The fraction of sp³-hybridized carbons (Fsp3) is 0.333. The molecule has 7 heteroatoms. The van der Waals surface area contributed by atoms with Crippen LogP contribution in [0.5, 0.6) is 0 Å². The van der Waals surface area contributed by atoms with Crippen molar-refractivity contribution in [2.45, 2.75) is 16.7 Å². The van der Waals surface area contributed by atoms with Gasteiger partial charge >= 0.3 is 0 Å². The molecule has 118 valence electrons. The van der Waals surface area contributed by atoms with E-state index in [9.17, 15) is 12.8 Å². The first-order valence-electron chi connectivity index (χ1n) is 6.95. The Labute approximate surface area is 133 Å². The minimum Gasteiger partial charge on any atom is -0.375 e. The van der Waals surface area contributed by atoms with Crippen LogP contribution < -0.4 is 0 Å². The van der Waals surface area contributed by atoms with Crippen LogP contribution in [-0.2, 0) is 21.2 Å². The van der Waals surface area contributed by atoms with Gasteiger partial charge in [-0.1, -0.05) is 18.2 Å². The van der Waals surface area contributed by atoms with E-state index in [4.69, 9.17) is 4.74 Å². The fourth-order valence-corrected chi connectivity index (χ4v) is 5.10. The van der Waals surface area contributed by atoms with Gasteiger partial charge in [0.25, 0.3) is 10.0 Å². The number of hydrogen-bond donors (Lipinski definition) is 0. The highest BCUT2D eigenvalue weighted by Gasteiger charge is 2.31. The molecule has 0 radical (unpaired) electrons. The molecule has 0 saturated carbocycles. The van der Waals surface area contributed by atoms with E-state index in [1.807, 2.05) is 6.07 Å². The first kappa shape index (κ1) is 15.6. The van der Waals surface area contributed by atoms with Crippen LogP contribution in [0, 0.1) is 5.82 Å². The summed E-state index contributed by atoms with van der Waals surface area (Å²) in [6, 6.07) is 9.64. The van der Waals surface area contributed by atoms with E-state index in [2.05, 4.69) is 0 Å². The van der Waals surface area contributed by atoms with Gasteiger partial charge in [0.1, 0.15) is 10.0 Å². The van der Waals surface area contributed by atoms with Crippen LogP contribution in [0.15, 0.2) is 46.0 Å². The molecule has 0 unspecified atom stereocenters. The molecule has 1 aliphatic rings. The van der Waals surface area contributed by atoms with Crippen molar-refractivity contribution < 1.29 is 17.5 Å². The maximum atomic E-state index is 13.2. The molecule has 2 heterocycles. The third-order valence-electron chi connectivity index (χ3n) is 3.54. The summed E-state index contributed by atoms with van der Waals surface area (Å²) in [5.41, 5.74) is 0.806. The van der Waals surface area contributed by atoms with Gasteiger partial charge in [-0.15, -0.1) is 11.3 Å². The summed E-state index contributed by atoms with van der Waals surface area (Å²) in [7, 11) is -3.45. The molecule has 22 heavy (non-hydrogen) atoms. The SMILES string of the molecule is O=S(=O)(c1cccs1)N1CCO[C@H](Cc2cccc(F)c2)C1. The number of benzene rings is 1. The smallest absolute Gasteiger partial charge is 0.252 e. The molecular weight excluding hydrogens is 325 g/mol. The number of hydrogen-bond acceptors (Lipinski definition) is 4. The summed E-state index contributed by atoms with van der Waals surface area (Å²) < 4.78 is 45.7. The van der Waals surface area contributed by atoms with Crippen molar-refractivity contribution in [3.8, 4) is 0 Å². The van der Waals surface area contributed by atoms with Crippen LogP contribution in [0.4, 0.5) is 4.39 Å². The van der Waals surface area contributed by atoms with Crippen molar-refractivity contribution >= 4 is 21.4 Å². The molecule has 0 amide bonds. The zero-order valence-electron chi connectivity index (χ0n) is 11.8. The number of sulfonamides is 1. The summed E-state index contributed by atoms with van der Waals surface area (Å²) in [5.74, 6) is -0.295. The summed E-state index contributed by atoms with van der Waals surface area (Å²) in [4.78, 5) is 0. The predicted octanol–water partition coefficient (Wildman–Crippen LogP) is 2.52. The monoisotopic (exact) mass is 341 g/mol. The number of thiophene rings is 1. The van der Waals surface area contributed by atoms with Crippen molar-refractivity contribution in [3.05, 3.63) is 53.2 Å². The summed E-state index contributed by atoms with van der Waals surface area (Å²) >= 11 is 1.21. The first-order chi connectivity index (χ1) is 10.6. The van der Waals surface area contributed by atoms with Crippen LogP contribution in [0.3, 0.4) is 0 Å². The van der Waals surface area contributed by atoms with Crippen molar-refractivity contribution in [1.29, 1.82) is 0 Å². The van der Waals surface area contributed by atoms with Crippen molar-refractivity contribution in [3.63, 3.8) is 0 Å². The predicted molar refractivity (Wildman–Crippen MR) is 82.9 cm³/mol.